The zero-order valence-electron chi connectivity index (χ0n) is 12.6. The highest BCUT2D eigenvalue weighted by Gasteiger charge is 2.22. The fourth-order valence-electron chi connectivity index (χ4n) is 1.68. The highest BCUT2D eigenvalue weighted by Crippen LogP contribution is 2.11. The molecule has 0 aliphatic carbocycles. The third-order valence-corrected chi connectivity index (χ3v) is 3.15. The molecule has 6 heteroatoms. The Labute approximate surface area is 124 Å². The molecule has 2 amide bonds. The number of carbonyl (C=O) groups is 2. The molecule has 1 unspecified atom stereocenters. The summed E-state index contributed by atoms with van der Waals surface area (Å²) < 4.78 is 0. The summed E-state index contributed by atoms with van der Waals surface area (Å²) in [7, 11) is 0. The third-order valence-electron chi connectivity index (χ3n) is 3.15. The van der Waals surface area contributed by atoms with E-state index in [4.69, 9.17) is 10.8 Å². The molecule has 1 rings (SSSR count). The fraction of sp³-hybridized carbons (Fsp3) is 0.467. The number of benzene rings is 1. The molecule has 0 heterocycles. The number of anilines is 1. The first-order valence-corrected chi connectivity index (χ1v) is 6.91. The summed E-state index contributed by atoms with van der Waals surface area (Å²) in [4.78, 5) is 23.8. The predicted molar refractivity (Wildman–Crippen MR) is 81.4 cm³/mol. The molecule has 0 aliphatic rings. The molecule has 1 aromatic carbocycles. The Hall–Kier alpha value is -1.92. The molecular weight excluding hydrogens is 270 g/mol. The lowest BCUT2D eigenvalue weighted by atomic mass is 10.0. The molecule has 116 valence electrons. The van der Waals surface area contributed by atoms with Crippen molar-refractivity contribution in [2.24, 2.45) is 11.7 Å². The zero-order valence-corrected chi connectivity index (χ0v) is 12.6. The van der Waals surface area contributed by atoms with Gasteiger partial charge in [-0.3, -0.25) is 9.59 Å². The lowest BCUT2D eigenvalue weighted by Crippen LogP contribution is -2.50. The van der Waals surface area contributed by atoms with Crippen molar-refractivity contribution in [3.05, 3.63) is 29.8 Å². The van der Waals surface area contributed by atoms with Crippen LogP contribution in [0.5, 0.6) is 0 Å². The molecule has 21 heavy (non-hydrogen) atoms. The molecule has 0 radical (unpaired) electrons. The molecule has 5 N–H and O–H groups in total. The van der Waals surface area contributed by atoms with Crippen LogP contribution in [0.2, 0.25) is 0 Å². The number of nitrogens with two attached hydrogens (primary N) is 1. The molecule has 0 bridgehead atoms. The van der Waals surface area contributed by atoms with Crippen LogP contribution in [-0.2, 0) is 16.2 Å². The van der Waals surface area contributed by atoms with Crippen LogP contribution >= 0.6 is 0 Å². The van der Waals surface area contributed by atoms with Crippen molar-refractivity contribution in [2.45, 2.75) is 39.5 Å². The molecule has 2 atom stereocenters. The van der Waals surface area contributed by atoms with Crippen LogP contribution in [-0.4, -0.2) is 29.0 Å². The molecular formula is C15H23N3O3. The summed E-state index contributed by atoms with van der Waals surface area (Å²) in [5, 5.41) is 14.3. The van der Waals surface area contributed by atoms with Crippen molar-refractivity contribution in [3.8, 4) is 0 Å². The highest BCUT2D eigenvalue weighted by molar-refractivity contribution is 5.97. The first kappa shape index (κ1) is 17.1. The van der Waals surface area contributed by atoms with Gasteiger partial charge in [0.05, 0.1) is 12.6 Å². The van der Waals surface area contributed by atoms with E-state index in [1.54, 1.807) is 31.2 Å². The first-order valence-electron chi connectivity index (χ1n) is 6.91. The van der Waals surface area contributed by atoms with E-state index in [1.807, 2.05) is 13.8 Å². The highest BCUT2D eigenvalue weighted by atomic mass is 16.3. The first-order chi connectivity index (χ1) is 9.85. The second kappa shape index (κ2) is 7.75. The number of aliphatic hydroxyl groups excluding tert-OH is 1. The minimum atomic E-state index is -0.694. The van der Waals surface area contributed by atoms with E-state index in [1.165, 1.54) is 0 Å². The van der Waals surface area contributed by atoms with Crippen molar-refractivity contribution in [1.29, 1.82) is 0 Å². The summed E-state index contributed by atoms with van der Waals surface area (Å²) >= 11 is 0. The smallest absolute Gasteiger partial charge is 0.246 e. The van der Waals surface area contributed by atoms with E-state index in [9.17, 15) is 9.59 Å². The zero-order chi connectivity index (χ0) is 16.0. The standard InChI is InChI=1S/C15H23N3O3/c1-9(2)13(16)15(21)17-10(3)14(20)18-12-6-4-5-11(7-12)8-19/h4-7,9-10,13,19H,8,16H2,1-3H3,(H,17,21)(H,18,20)/t10-,13?/m0/s1. The van der Waals surface area contributed by atoms with Gasteiger partial charge in [-0.15, -0.1) is 0 Å². The van der Waals surface area contributed by atoms with Crippen molar-refractivity contribution >= 4 is 17.5 Å². The third kappa shape index (κ3) is 5.17. The fourth-order valence-corrected chi connectivity index (χ4v) is 1.68. The summed E-state index contributed by atoms with van der Waals surface area (Å²) in [6.45, 7) is 5.18. The van der Waals surface area contributed by atoms with Crippen LogP contribution in [0.1, 0.15) is 26.3 Å². The Balaban J connectivity index is 2.60. The quantitative estimate of drug-likeness (QED) is 0.616. The number of carbonyl (C=O) groups excluding carboxylic acids is 2. The number of rotatable bonds is 6. The monoisotopic (exact) mass is 293 g/mol. The summed E-state index contributed by atoms with van der Waals surface area (Å²) in [6.07, 6.45) is 0. The number of hydrogen-bond donors (Lipinski definition) is 4. The molecule has 0 aliphatic heterocycles. The van der Waals surface area contributed by atoms with Gasteiger partial charge in [-0.1, -0.05) is 26.0 Å². The van der Waals surface area contributed by atoms with Gasteiger partial charge in [0.15, 0.2) is 0 Å². The van der Waals surface area contributed by atoms with Gasteiger partial charge in [-0.05, 0) is 30.5 Å². The van der Waals surface area contributed by atoms with Gasteiger partial charge in [-0.2, -0.15) is 0 Å². The molecule has 6 nitrogen and oxygen atoms in total. The van der Waals surface area contributed by atoms with Crippen LogP contribution in [0.3, 0.4) is 0 Å². The molecule has 1 aromatic rings. The van der Waals surface area contributed by atoms with Crippen LogP contribution in [0.25, 0.3) is 0 Å². The van der Waals surface area contributed by atoms with Gasteiger partial charge in [-0.25, -0.2) is 0 Å². The lowest BCUT2D eigenvalue weighted by molar-refractivity contribution is -0.127. The SMILES string of the molecule is CC(C)C(N)C(=O)N[C@@H](C)C(=O)Nc1cccc(CO)c1. The van der Waals surface area contributed by atoms with Gasteiger partial charge < -0.3 is 21.5 Å². The maximum Gasteiger partial charge on any atom is 0.246 e. The van der Waals surface area contributed by atoms with E-state index in [0.717, 1.165) is 0 Å². The van der Waals surface area contributed by atoms with E-state index in [2.05, 4.69) is 10.6 Å². The Morgan fingerprint density at radius 2 is 1.90 bits per heavy atom. The second-order valence-electron chi connectivity index (χ2n) is 5.35. The summed E-state index contributed by atoms with van der Waals surface area (Å²) in [5.41, 5.74) is 7.00. The van der Waals surface area contributed by atoms with Crippen LogP contribution in [0, 0.1) is 5.92 Å². The minimum absolute atomic E-state index is 0.00139. The molecule has 0 fully saturated rings. The Kier molecular flexibility index (Phi) is 6.33. The number of nitrogens with one attached hydrogen (secondary N) is 2. The van der Waals surface area contributed by atoms with Crippen molar-refractivity contribution < 1.29 is 14.7 Å². The van der Waals surface area contributed by atoms with Crippen molar-refractivity contribution in [2.75, 3.05) is 5.32 Å². The minimum Gasteiger partial charge on any atom is -0.392 e. The van der Waals surface area contributed by atoms with Crippen LogP contribution in [0.4, 0.5) is 5.69 Å². The maximum absolute atomic E-state index is 12.0. The van der Waals surface area contributed by atoms with Gasteiger partial charge in [0.25, 0.3) is 0 Å². The van der Waals surface area contributed by atoms with E-state index in [0.29, 0.717) is 11.3 Å². The molecule has 0 aromatic heterocycles. The van der Waals surface area contributed by atoms with Crippen molar-refractivity contribution in [3.63, 3.8) is 0 Å². The second-order valence-corrected chi connectivity index (χ2v) is 5.35. The number of hydrogen-bond acceptors (Lipinski definition) is 4. The van der Waals surface area contributed by atoms with Gasteiger partial charge in [0.2, 0.25) is 11.8 Å². The topological polar surface area (TPSA) is 104 Å². The largest absolute Gasteiger partial charge is 0.392 e. The summed E-state index contributed by atoms with van der Waals surface area (Å²) in [5.74, 6) is -0.687. The lowest BCUT2D eigenvalue weighted by Gasteiger charge is -2.19. The number of amides is 2. The number of aliphatic hydroxyl groups is 1. The maximum atomic E-state index is 12.0. The molecule has 0 saturated heterocycles. The van der Waals surface area contributed by atoms with Gasteiger partial charge in [0, 0.05) is 5.69 Å². The van der Waals surface area contributed by atoms with Gasteiger partial charge >= 0.3 is 0 Å². The van der Waals surface area contributed by atoms with Crippen molar-refractivity contribution in [1.82, 2.24) is 5.32 Å². The Morgan fingerprint density at radius 3 is 2.48 bits per heavy atom. The molecule has 0 saturated carbocycles. The van der Waals surface area contributed by atoms with Gasteiger partial charge in [0.1, 0.15) is 6.04 Å². The summed E-state index contributed by atoms with van der Waals surface area (Å²) in [6, 6.07) is 5.54. The van der Waals surface area contributed by atoms with Crippen LogP contribution in [0.15, 0.2) is 24.3 Å². The Bertz CT molecular complexity index is 503. The van der Waals surface area contributed by atoms with E-state index in [-0.39, 0.29) is 24.3 Å². The normalized spacial score (nSPS) is 13.6. The van der Waals surface area contributed by atoms with E-state index >= 15 is 0 Å². The molecule has 0 spiro atoms. The average molecular weight is 293 g/mol. The van der Waals surface area contributed by atoms with E-state index < -0.39 is 12.1 Å². The average Bonchev–Trinajstić information content (AvgIpc) is 2.46. The van der Waals surface area contributed by atoms with Crippen LogP contribution < -0.4 is 16.4 Å². The predicted octanol–water partition coefficient (Wildman–Crippen LogP) is 0.605. The Morgan fingerprint density at radius 1 is 1.24 bits per heavy atom.